The van der Waals surface area contributed by atoms with E-state index in [1.54, 1.807) is 5.97 Å². The van der Waals surface area contributed by atoms with E-state index >= 15 is 0 Å². The van der Waals surface area contributed by atoms with E-state index in [0.717, 1.165) is 83.9 Å². The molecule has 0 amide bonds. The van der Waals surface area contributed by atoms with Gasteiger partial charge in [-0.1, -0.05) is 10.9 Å². The molecule has 0 saturated carbocycles. The zero-order chi connectivity index (χ0) is 45.8. The van der Waals surface area contributed by atoms with Crippen LogP contribution in [0.5, 0.6) is 0 Å². The normalized spacial score (nSPS) is 16.1. The third kappa shape index (κ3) is 5.38. The first-order valence-corrected chi connectivity index (χ1v) is 21.9. The Morgan fingerprint density at radius 1 is 0.462 bits per heavy atom. The van der Waals surface area contributed by atoms with Gasteiger partial charge < -0.3 is 0 Å². The molecule has 1 nitrogen and oxygen atoms in total. The van der Waals surface area contributed by atoms with Crippen LogP contribution in [-0.4, -0.2) is 76.2 Å². The molecule has 0 aromatic heterocycles. The number of benzene rings is 7. The van der Waals surface area contributed by atoms with Crippen molar-refractivity contribution in [2.75, 3.05) is 4.90 Å². The summed E-state index contributed by atoms with van der Waals surface area (Å²) < 4.78 is 0. The summed E-state index contributed by atoms with van der Waals surface area (Å²) in [6.07, 6.45) is 2.29. The van der Waals surface area contributed by atoms with Gasteiger partial charge in [-0.3, -0.25) is 0 Å². The number of nitrogens with zero attached hydrogens (tertiary/aromatic N) is 1. The van der Waals surface area contributed by atoms with Gasteiger partial charge in [0.15, 0.2) is 0 Å². The second-order valence-electron chi connectivity index (χ2n) is 19.1. The molecule has 10 heteroatoms. The number of hydrogen-bond donors (Lipinski definition) is 0. The van der Waals surface area contributed by atoms with Crippen LogP contribution in [0.1, 0.15) is 79.1 Å². The molecule has 7 aromatic rings. The minimum absolute atomic E-state index is 0.290. The number of fused-ring (bicyclic) bond motifs is 14. The van der Waals surface area contributed by atoms with Gasteiger partial charge in [0.05, 0.1) is 0 Å². The van der Waals surface area contributed by atoms with Crippen LogP contribution >= 0.6 is 0 Å². The summed E-state index contributed by atoms with van der Waals surface area (Å²) >= 11 is 0. The molecule has 0 unspecified atom stereocenters. The fraction of sp³-hybridized carbons (Fsp3) is 0.145. The third-order valence-electron chi connectivity index (χ3n) is 15.0. The first-order valence-electron chi connectivity index (χ1n) is 21.9. The minimum atomic E-state index is -0.956. The van der Waals surface area contributed by atoms with E-state index in [2.05, 4.69) is 124 Å². The summed E-state index contributed by atoms with van der Waals surface area (Å²) in [5, 5.41) is 0. The molecule has 0 heterocycles. The average molecular weight is 807 g/mol. The summed E-state index contributed by atoms with van der Waals surface area (Å²) in [4.78, 5) is 2.41. The van der Waals surface area contributed by atoms with Crippen LogP contribution in [0, 0.1) is 0 Å². The zero-order valence-electron chi connectivity index (χ0n) is 37.2. The maximum absolute atomic E-state index is 7.00. The van der Waals surface area contributed by atoms with Crippen LogP contribution in [0.2, 0.25) is 0 Å². The van der Waals surface area contributed by atoms with E-state index in [1.807, 2.05) is 30.3 Å². The Morgan fingerprint density at radius 3 is 1.55 bits per heavy atom. The van der Waals surface area contributed by atoms with Crippen molar-refractivity contribution in [1.29, 1.82) is 0 Å². The van der Waals surface area contributed by atoms with Gasteiger partial charge in [0.25, 0.3) is 0 Å². The first-order chi connectivity index (χ1) is 31.0. The van der Waals surface area contributed by atoms with Crippen LogP contribution in [0.25, 0.3) is 39.0 Å². The zero-order valence-corrected chi connectivity index (χ0v) is 37.2. The second-order valence-corrected chi connectivity index (χ2v) is 19.1. The van der Waals surface area contributed by atoms with Gasteiger partial charge in [0.1, 0.15) is 47.1 Å². The van der Waals surface area contributed by atoms with Gasteiger partial charge >= 0.3 is 317 Å². The standard InChI is InChI=1S/C55H35B9N/c1-26(20-38-32(25-56)30-21-27(57)16-18-33(30)54(38,4)5)65(44-14-8-12-36-46(44)31-22-28(58)17-19-34(31)53(36,2)3)43-15-9-13-37-45(43)29-10-6-7-11-35(29)55(37)39-23-41(59)49(61)51(63)47(39)48-40(55)24-42(60)50(62)52(48)64/h6-25H,1-5H3/b26-20+. The Hall–Kier alpha value is -5.73. The first kappa shape index (κ1) is 41.9. The van der Waals surface area contributed by atoms with Gasteiger partial charge in [-0.15, -0.1) is 21.9 Å². The SMILES string of the molecule is [B]c1ccc2c(c1)C(C=[B])=C(/C=C(\C)N(c1cccc3c1-c1cc([B])ccc1C3(C)C)c1cccc3c1-c1ccccc1C31c3cc([B])c([B])c([B])c3-c3c1cc([B])c([B])c3[B])C2(C)C. The van der Waals surface area contributed by atoms with Crippen molar-refractivity contribution in [3.05, 3.63) is 171 Å². The molecule has 4 aliphatic rings. The van der Waals surface area contributed by atoms with Crippen LogP contribution < -0.4 is 48.6 Å². The van der Waals surface area contributed by atoms with Crippen molar-refractivity contribution in [3.63, 3.8) is 0 Å². The molecule has 11 rings (SSSR count). The fourth-order valence-corrected chi connectivity index (χ4v) is 12.0. The van der Waals surface area contributed by atoms with E-state index in [1.165, 1.54) is 11.1 Å². The van der Waals surface area contributed by atoms with E-state index in [9.17, 15) is 0 Å². The maximum atomic E-state index is 7.00. The molecule has 0 bridgehead atoms. The summed E-state index contributed by atoms with van der Waals surface area (Å²) in [6.45, 7) is 11.2. The van der Waals surface area contributed by atoms with Crippen LogP contribution in [0.3, 0.4) is 0 Å². The Bertz CT molecular complexity index is 3350. The molecule has 0 N–H and O–H groups in total. The molecule has 0 aliphatic heterocycles. The summed E-state index contributed by atoms with van der Waals surface area (Å²) in [5.74, 6) is 1.71. The molecule has 0 atom stereocenters. The van der Waals surface area contributed by atoms with Gasteiger partial charge in [-0.05, 0) is 0 Å². The molecule has 4 aliphatic carbocycles. The van der Waals surface area contributed by atoms with Gasteiger partial charge in [0, 0.05) is 0 Å². The van der Waals surface area contributed by atoms with Crippen molar-refractivity contribution in [2.45, 2.75) is 50.9 Å². The molecule has 7 aromatic carbocycles. The van der Waals surface area contributed by atoms with Gasteiger partial charge in [0.2, 0.25) is 0 Å². The van der Waals surface area contributed by atoms with Gasteiger partial charge in [-0.2, -0.15) is 0 Å². The van der Waals surface area contributed by atoms with Crippen molar-refractivity contribution < 1.29 is 0 Å². The van der Waals surface area contributed by atoms with Crippen LogP contribution in [0.4, 0.5) is 11.4 Å². The van der Waals surface area contributed by atoms with Crippen LogP contribution in [0.15, 0.2) is 127 Å². The predicted octanol–water partition coefficient (Wildman–Crippen LogP) is 3.44. The van der Waals surface area contributed by atoms with Gasteiger partial charge in [-0.25, -0.2) is 0 Å². The van der Waals surface area contributed by atoms with Crippen molar-refractivity contribution in [3.8, 4) is 33.4 Å². The molecule has 17 radical (unpaired) electrons. The number of rotatable bonds is 5. The summed E-state index contributed by atoms with van der Waals surface area (Å²) in [6, 6.07) is 38.0. The molecule has 65 heavy (non-hydrogen) atoms. The molecule has 287 valence electrons. The van der Waals surface area contributed by atoms with E-state index in [-0.39, 0.29) is 5.41 Å². The quantitative estimate of drug-likeness (QED) is 0.242. The van der Waals surface area contributed by atoms with E-state index in [0.29, 0.717) is 54.8 Å². The third-order valence-corrected chi connectivity index (χ3v) is 15.0. The topological polar surface area (TPSA) is 3.24 Å². The van der Waals surface area contributed by atoms with Crippen molar-refractivity contribution in [2.24, 2.45) is 0 Å². The monoisotopic (exact) mass is 808 g/mol. The molecule has 0 fully saturated rings. The average Bonchev–Trinajstić information content (AvgIpc) is 3.89. The molecular formula is C55H35B9N. The van der Waals surface area contributed by atoms with Crippen molar-refractivity contribution >= 4 is 137 Å². The van der Waals surface area contributed by atoms with E-state index < -0.39 is 10.8 Å². The van der Waals surface area contributed by atoms with Crippen molar-refractivity contribution in [1.82, 2.24) is 0 Å². The number of allylic oxidation sites excluding steroid dienone is 4. The summed E-state index contributed by atoms with van der Waals surface area (Å²) in [7, 11) is 60.4. The number of hydrogen-bond acceptors (Lipinski definition) is 1. The Labute approximate surface area is 395 Å². The van der Waals surface area contributed by atoms with E-state index in [4.69, 9.17) is 70.3 Å². The fourth-order valence-electron chi connectivity index (χ4n) is 12.0. The number of anilines is 2. The predicted molar refractivity (Wildman–Crippen MR) is 284 cm³/mol. The molecular weight excluding hydrogens is 772 g/mol. The molecule has 0 saturated heterocycles. The second kappa shape index (κ2) is 14.1. The Morgan fingerprint density at radius 2 is 0.969 bits per heavy atom. The Kier molecular flexibility index (Phi) is 9.12. The summed E-state index contributed by atoms with van der Waals surface area (Å²) in [5.41, 5.74) is 20.8. The Balaban J connectivity index is 1.27. The molecule has 1 spiro atoms. The van der Waals surface area contributed by atoms with Crippen LogP contribution in [-0.2, 0) is 16.2 Å².